The first-order valence-corrected chi connectivity index (χ1v) is 7.33. The predicted molar refractivity (Wildman–Crippen MR) is 82.6 cm³/mol. The number of methoxy groups -OCH3 is 1. The number of nitrogens with one attached hydrogen (secondary N) is 1. The van der Waals surface area contributed by atoms with Gasteiger partial charge in [0.05, 0.1) is 12.2 Å². The van der Waals surface area contributed by atoms with Gasteiger partial charge in [-0.15, -0.1) is 0 Å². The zero-order valence-corrected chi connectivity index (χ0v) is 13.2. The second kappa shape index (κ2) is 10.0. The number of ether oxygens (including phenoxy) is 2. The van der Waals surface area contributed by atoms with E-state index in [0.29, 0.717) is 48.9 Å². The van der Waals surface area contributed by atoms with Crippen LogP contribution in [0.1, 0.15) is 29.6 Å². The highest BCUT2D eigenvalue weighted by atomic mass is 35.5. The van der Waals surface area contributed by atoms with Gasteiger partial charge in [-0.05, 0) is 31.0 Å². The molecular weight excluding hydrogens is 310 g/mol. The van der Waals surface area contributed by atoms with Gasteiger partial charge in [-0.3, -0.25) is 9.59 Å². The summed E-state index contributed by atoms with van der Waals surface area (Å²) in [6, 6.07) is 4.82. The summed E-state index contributed by atoms with van der Waals surface area (Å²) in [6.07, 6.45) is 1.21. The van der Waals surface area contributed by atoms with Crippen molar-refractivity contribution in [3.05, 3.63) is 28.8 Å². The smallest absolute Gasteiger partial charge is 0.303 e. The zero-order valence-electron chi connectivity index (χ0n) is 12.4. The van der Waals surface area contributed by atoms with Gasteiger partial charge in [0.2, 0.25) is 0 Å². The van der Waals surface area contributed by atoms with E-state index in [1.165, 1.54) is 6.07 Å². The van der Waals surface area contributed by atoms with Crippen molar-refractivity contribution >= 4 is 23.5 Å². The lowest BCUT2D eigenvalue weighted by Crippen LogP contribution is -2.25. The Bertz CT molecular complexity index is 507. The van der Waals surface area contributed by atoms with Crippen LogP contribution in [-0.2, 0) is 9.53 Å². The van der Waals surface area contributed by atoms with Crippen LogP contribution in [0.3, 0.4) is 0 Å². The van der Waals surface area contributed by atoms with Gasteiger partial charge in [0, 0.05) is 25.1 Å². The molecule has 0 radical (unpaired) electrons. The van der Waals surface area contributed by atoms with E-state index >= 15 is 0 Å². The number of hydrogen-bond acceptors (Lipinski definition) is 4. The summed E-state index contributed by atoms with van der Waals surface area (Å²) in [5, 5.41) is 11.7. The first-order chi connectivity index (χ1) is 10.5. The summed E-state index contributed by atoms with van der Waals surface area (Å²) in [5.74, 6) is -0.704. The van der Waals surface area contributed by atoms with Gasteiger partial charge < -0.3 is 19.9 Å². The average Bonchev–Trinajstić information content (AvgIpc) is 2.48. The first-order valence-electron chi connectivity index (χ1n) is 6.96. The predicted octanol–water partition coefficient (Wildman–Crippen LogP) is 2.35. The molecular formula is C15H20ClNO5. The van der Waals surface area contributed by atoms with E-state index in [9.17, 15) is 9.59 Å². The molecule has 0 saturated heterocycles. The first kappa shape index (κ1) is 18.3. The number of carboxylic acid groups (broad SMARTS) is 1. The van der Waals surface area contributed by atoms with Crippen molar-refractivity contribution in [2.75, 3.05) is 26.9 Å². The monoisotopic (exact) mass is 329 g/mol. The molecule has 0 aliphatic rings. The summed E-state index contributed by atoms with van der Waals surface area (Å²) in [6.45, 7) is 1.14. The summed E-state index contributed by atoms with van der Waals surface area (Å²) in [5.41, 5.74) is 0.349. The summed E-state index contributed by atoms with van der Waals surface area (Å²) >= 11 is 5.92. The van der Waals surface area contributed by atoms with Gasteiger partial charge in [-0.25, -0.2) is 0 Å². The highest BCUT2D eigenvalue weighted by Gasteiger charge is 2.13. The van der Waals surface area contributed by atoms with Gasteiger partial charge >= 0.3 is 5.97 Å². The molecule has 0 aromatic heterocycles. The summed E-state index contributed by atoms with van der Waals surface area (Å²) in [4.78, 5) is 22.5. The second-order valence-electron chi connectivity index (χ2n) is 4.59. The Labute approximate surface area is 134 Å². The molecule has 0 heterocycles. The molecule has 1 aromatic carbocycles. The van der Waals surface area contributed by atoms with E-state index in [1.54, 1.807) is 19.2 Å². The molecule has 0 bridgehead atoms. The average molecular weight is 330 g/mol. The minimum Gasteiger partial charge on any atom is -0.490 e. The molecule has 122 valence electrons. The van der Waals surface area contributed by atoms with Crippen LogP contribution in [0.2, 0.25) is 5.02 Å². The maximum absolute atomic E-state index is 12.2. The SMILES string of the molecule is COCCOc1ccc(Cl)cc1C(=O)NCCCCC(=O)O. The van der Waals surface area contributed by atoms with Crippen LogP contribution in [0.15, 0.2) is 18.2 Å². The Kier molecular flexibility index (Phi) is 8.32. The Morgan fingerprint density at radius 2 is 2.05 bits per heavy atom. The highest BCUT2D eigenvalue weighted by Crippen LogP contribution is 2.23. The number of amides is 1. The Balaban J connectivity index is 2.55. The number of benzene rings is 1. The van der Waals surface area contributed by atoms with Crippen molar-refractivity contribution in [3.8, 4) is 5.75 Å². The molecule has 0 fully saturated rings. The van der Waals surface area contributed by atoms with E-state index < -0.39 is 5.97 Å². The van der Waals surface area contributed by atoms with Gasteiger partial charge in [0.15, 0.2) is 0 Å². The second-order valence-corrected chi connectivity index (χ2v) is 5.02. The third kappa shape index (κ3) is 6.78. The number of hydrogen-bond donors (Lipinski definition) is 2. The maximum Gasteiger partial charge on any atom is 0.303 e. The molecule has 0 unspecified atom stereocenters. The van der Waals surface area contributed by atoms with E-state index in [2.05, 4.69) is 5.32 Å². The Morgan fingerprint density at radius 3 is 2.73 bits per heavy atom. The van der Waals surface area contributed by atoms with E-state index in [0.717, 1.165) is 0 Å². The number of halogens is 1. The minimum atomic E-state index is -0.838. The largest absolute Gasteiger partial charge is 0.490 e. The molecule has 0 atom stereocenters. The summed E-state index contributed by atoms with van der Waals surface area (Å²) < 4.78 is 10.4. The van der Waals surface area contributed by atoms with Gasteiger partial charge in [-0.1, -0.05) is 11.6 Å². The van der Waals surface area contributed by atoms with Crippen molar-refractivity contribution in [1.29, 1.82) is 0 Å². The number of carbonyl (C=O) groups is 2. The molecule has 22 heavy (non-hydrogen) atoms. The van der Waals surface area contributed by atoms with Crippen LogP contribution in [0, 0.1) is 0 Å². The molecule has 1 amide bonds. The summed E-state index contributed by atoms with van der Waals surface area (Å²) in [7, 11) is 1.57. The lowest BCUT2D eigenvalue weighted by Gasteiger charge is -2.12. The lowest BCUT2D eigenvalue weighted by atomic mass is 10.1. The molecule has 0 aliphatic heterocycles. The zero-order chi connectivity index (χ0) is 16.4. The normalized spacial score (nSPS) is 10.3. The molecule has 1 rings (SSSR count). The van der Waals surface area contributed by atoms with Crippen molar-refractivity contribution in [2.45, 2.75) is 19.3 Å². The quantitative estimate of drug-likeness (QED) is 0.644. The van der Waals surface area contributed by atoms with Crippen LogP contribution in [0.25, 0.3) is 0 Å². The molecule has 0 saturated carbocycles. The number of carbonyl (C=O) groups excluding carboxylic acids is 1. The van der Waals surface area contributed by atoms with Crippen molar-refractivity contribution < 1.29 is 24.2 Å². The minimum absolute atomic E-state index is 0.0956. The van der Waals surface area contributed by atoms with E-state index in [-0.39, 0.29) is 12.3 Å². The standard InChI is InChI=1S/C15H20ClNO5/c1-21-8-9-22-13-6-5-11(16)10-12(13)15(20)17-7-3-2-4-14(18)19/h5-6,10H,2-4,7-9H2,1H3,(H,17,20)(H,18,19). The number of aliphatic carboxylic acids is 1. The van der Waals surface area contributed by atoms with Gasteiger partial charge in [0.1, 0.15) is 12.4 Å². The highest BCUT2D eigenvalue weighted by molar-refractivity contribution is 6.31. The van der Waals surface area contributed by atoms with Crippen molar-refractivity contribution in [2.24, 2.45) is 0 Å². The molecule has 0 aliphatic carbocycles. The van der Waals surface area contributed by atoms with Crippen LogP contribution < -0.4 is 10.1 Å². The van der Waals surface area contributed by atoms with E-state index in [4.69, 9.17) is 26.2 Å². The number of rotatable bonds is 10. The number of carboxylic acids is 1. The van der Waals surface area contributed by atoms with Gasteiger partial charge in [-0.2, -0.15) is 0 Å². The fraction of sp³-hybridized carbons (Fsp3) is 0.467. The van der Waals surface area contributed by atoms with Gasteiger partial charge in [0.25, 0.3) is 5.91 Å². The van der Waals surface area contributed by atoms with Crippen LogP contribution >= 0.6 is 11.6 Å². The van der Waals surface area contributed by atoms with Crippen molar-refractivity contribution in [3.63, 3.8) is 0 Å². The molecule has 0 spiro atoms. The molecule has 6 nitrogen and oxygen atoms in total. The van der Waals surface area contributed by atoms with Crippen molar-refractivity contribution in [1.82, 2.24) is 5.32 Å². The maximum atomic E-state index is 12.2. The Morgan fingerprint density at radius 1 is 1.27 bits per heavy atom. The third-order valence-corrected chi connectivity index (χ3v) is 3.07. The van der Waals surface area contributed by atoms with Crippen LogP contribution in [0.4, 0.5) is 0 Å². The fourth-order valence-corrected chi connectivity index (χ4v) is 1.91. The topological polar surface area (TPSA) is 84.9 Å². The third-order valence-electron chi connectivity index (χ3n) is 2.83. The van der Waals surface area contributed by atoms with Crippen LogP contribution in [-0.4, -0.2) is 43.9 Å². The number of unbranched alkanes of at least 4 members (excludes halogenated alkanes) is 1. The molecule has 2 N–H and O–H groups in total. The molecule has 1 aromatic rings. The molecule has 7 heteroatoms. The fourth-order valence-electron chi connectivity index (χ4n) is 1.74. The van der Waals surface area contributed by atoms with E-state index in [1.807, 2.05) is 0 Å². The lowest BCUT2D eigenvalue weighted by molar-refractivity contribution is -0.137. The Hall–Kier alpha value is -1.79. The van der Waals surface area contributed by atoms with Crippen LogP contribution in [0.5, 0.6) is 5.75 Å².